The highest BCUT2D eigenvalue weighted by atomic mass is 32.2. The van der Waals surface area contributed by atoms with E-state index in [9.17, 15) is 4.79 Å². The molecule has 0 unspecified atom stereocenters. The first-order valence-electron chi connectivity index (χ1n) is 8.18. The summed E-state index contributed by atoms with van der Waals surface area (Å²) in [5, 5.41) is 12.0. The van der Waals surface area contributed by atoms with Gasteiger partial charge in [0, 0.05) is 13.5 Å². The number of thioether (sulfide) groups is 1. The van der Waals surface area contributed by atoms with E-state index in [-0.39, 0.29) is 11.7 Å². The zero-order valence-corrected chi connectivity index (χ0v) is 15.2. The Kier molecular flexibility index (Phi) is 7.11. The Hall–Kier alpha value is -2.02. The van der Waals surface area contributed by atoms with E-state index in [0.29, 0.717) is 18.0 Å². The van der Waals surface area contributed by atoms with Crippen molar-refractivity contribution in [1.82, 2.24) is 14.8 Å². The Bertz CT molecular complexity index is 672. The average Bonchev–Trinajstić information content (AvgIpc) is 2.93. The minimum atomic E-state index is -0.0924. The highest BCUT2D eigenvalue weighted by Crippen LogP contribution is 2.24. The Balaban J connectivity index is 1.91. The van der Waals surface area contributed by atoms with Gasteiger partial charge in [0.05, 0.1) is 18.0 Å². The van der Waals surface area contributed by atoms with Gasteiger partial charge in [-0.15, -0.1) is 10.2 Å². The van der Waals surface area contributed by atoms with Crippen LogP contribution in [0.25, 0.3) is 0 Å². The molecule has 24 heavy (non-hydrogen) atoms. The van der Waals surface area contributed by atoms with Crippen LogP contribution in [-0.4, -0.2) is 33.0 Å². The number of hydrogen-bond acceptors (Lipinski definition) is 5. The van der Waals surface area contributed by atoms with Crippen molar-refractivity contribution in [2.75, 3.05) is 17.7 Å². The summed E-state index contributed by atoms with van der Waals surface area (Å²) in [6, 6.07) is 7.43. The first kappa shape index (κ1) is 18.3. The number of nitrogens with zero attached hydrogens (tertiary/aromatic N) is 3. The third-order valence-electron chi connectivity index (χ3n) is 3.47. The second kappa shape index (κ2) is 9.32. The lowest BCUT2D eigenvalue weighted by Crippen LogP contribution is -2.15. The minimum Gasteiger partial charge on any atom is -0.492 e. The van der Waals surface area contributed by atoms with Gasteiger partial charge in [0.2, 0.25) is 5.91 Å². The molecule has 1 aromatic heterocycles. The summed E-state index contributed by atoms with van der Waals surface area (Å²) < 4.78 is 7.47. The van der Waals surface area contributed by atoms with Crippen molar-refractivity contribution in [3.05, 3.63) is 30.1 Å². The van der Waals surface area contributed by atoms with Gasteiger partial charge in [-0.2, -0.15) is 0 Å². The summed E-state index contributed by atoms with van der Waals surface area (Å²) in [4.78, 5) is 12.2. The Morgan fingerprint density at radius 2 is 2.08 bits per heavy atom. The summed E-state index contributed by atoms with van der Waals surface area (Å²) >= 11 is 1.38. The van der Waals surface area contributed by atoms with E-state index in [1.807, 2.05) is 42.8 Å². The van der Waals surface area contributed by atoms with Gasteiger partial charge < -0.3 is 14.6 Å². The first-order valence-corrected chi connectivity index (χ1v) is 9.17. The largest absolute Gasteiger partial charge is 0.492 e. The van der Waals surface area contributed by atoms with Crippen LogP contribution >= 0.6 is 11.8 Å². The fourth-order valence-corrected chi connectivity index (χ4v) is 2.92. The molecule has 0 radical (unpaired) electrons. The SMILES string of the molecule is CCCCc1nnc(SCC(=O)Nc2ccccc2OCC)n1C. The van der Waals surface area contributed by atoms with Gasteiger partial charge >= 0.3 is 0 Å². The molecule has 0 aliphatic rings. The molecule has 0 fully saturated rings. The lowest BCUT2D eigenvalue weighted by atomic mass is 10.2. The Morgan fingerprint density at radius 3 is 2.83 bits per heavy atom. The van der Waals surface area contributed by atoms with Crippen LogP contribution in [-0.2, 0) is 18.3 Å². The zero-order valence-electron chi connectivity index (χ0n) is 14.4. The number of nitrogens with one attached hydrogen (secondary N) is 1. The Labute approximate surface area is 147 Å². The molecule has 7 heteroatoms. The molecule has 0 spiro atoms. The molecule has 0 saturated heterocycles. The lowest BCUT2D eigenvalue weighted by Gasteiger charge is -2.11. The van der Waals surface area contributed by atoms with Crippen molar-refractivity contribution in [2.45, 2.75) is 38.3 Å². The number of amides is 1. The van der Waals surface area contributed by atoms with Gasteiger partial charge in [-0.1, -0.05) is 37.2 Å². The fraction of sp³-hybridized carbons (Fsp3) is 0.471. The van der Waals surface area contributed by atoms with E-state index in [1.54, 1.807) is 0 Å². The number of hydrogen-bond donors (Lipinski definition) is 1. The maximum atomic E-state index is 12.2. The molecular formula is C17H24N4O2S. The van der Waals surface area contributed by atoms with Crippen molar-refractivity contribution in [3.63, 3.8) is 0 Å². The van der Waals surface area contributed by atoms with Crippen molar-refractivity contribution in [2.24, 2.45) is 7.05 Å². The molecule has 1 amide bonds. The number of unbranched alkanes of at least 4 members (excludes halogenated alkanes) is 1. The van der Waals surface area contributed by atoms with Crippen LogP contribution in [0.4, 0.5) is 5.69 Å². The van der Waals surface area contributed by atoms with Crippen molar-refractivity contribution >= 4 is 23.4 Å². The number of para-hydroxylation sites is 2. The Morgan fingerprint density at radius 1 is 1.29 bits per heavy atom. The molecule has 1 N–H and O–H groups in total. The molecule has 0 atom stereocenters. The third kappa shape index (κ3) is 4.99. The molecule has 6 nitrogen and oxygen atoms in total. The molecule has 0 bridgehead atoms. The third-order valence-corrected chi connectivity index (χ3v) is 4.49. The number of rotatable bonds is 9. The van der Waals surface area contributed by atoms with E-state index < -0.39 is 0 Å². The predicted molar refractivity (Wildman–Crippen MR) is 96.6 cm³/mol. The minimum absolute atomic E-state index is 0.0924. The maximum Gasteiger partial charge on any atom is 0.234 e. The summed E-state index contributed by atoms with van der Waals surface area (Å²) in [5.74, 6) is 1.82. The summed E-state index contributed by atoms with van der Waals surface area (Å²) in [7, 11) is 1.94. The molecule has 2 rings (SSSR count). The van der Waals surface area contributed by atoms with Gasteiger partial charge in [0.1, 0.15) is 11.6 Å². The van der Waals surface area contributed by atoms with E-state index >= 15 is 0 Å². The maximum absolute atomic E-state index is 12.2. The van der Waals surface area contributed by atoms with Crippen LogP contribution in [0.2, 0.25) is 0 Å². The van der Waals surface area contributed by atoms with Gasteiger partial charge in [0.25, 0.3) is 0 Å². The molecule has 0 aliphatic heterocycles. The molecular weight excluding hydrogens is 324 g/mol. The van der Waals surface area contributed by atoms with Crippen molar-refractivity contribution < 1.29 is 9.53 Å². The summed E-state index contributed by atoms with van der Waals surface area (Å²) in [5.41, 5.74) is 0.687. The monoisotopic (exact) mass is 348 g/mol. The summed E-state index contributed by atoms with van der Waals surface area (Å²) in [6.45, 7) is 4.62. The zero-order chi connectivity index (χ0) is 17.4. The number of benzene rings is 1. The van der Waals surface area contributed by atoms with Gasteiger partial charge in [0.15, 0.2) is 5.16 Å². The van der Waals surface area contributed by atoms with Crippen molar-refractivity contribution in [3.8, 4) is 5.75 Å². The molecule has 2 aromatic rings. The number of aromatic nitrogens is 3. The number of carbonyl (C=O) groups is 1. The highest BCUT2D eigenvalue weighted by molar-refractivity contribution is 7.99. The molecule has 1 heterocycles. The van der Waals surface area contributed by atoms with E-state index in [0.717, 1.165) is 30.2 Å². The topological polar surface area (TPSA) is 69.0 Å². The molecule has 1 aromatic carbocycles. The van der Waals surface area contributed by atoms with Crippen LogP contribution in [0.1, 0.15) is 32.5 Å². The molecule has 0 saturated carbocycles. The smallest absolute Gasteiger partial charge is 0.234 e. The second-order valence-corrected chi connectivity index (χ2v) is 6.27. The number of aryl methyl sites for hydroxylation is 1. The van der Waals surface area contributed by atoms with E-state index in [1.165, 1.54) is 11.8 Å². The molecule has 0 aliphatic carbocycles. The van der Waals surface area contributed by atoms with Crippen LogP contribution in [0.3, 0.4) is 0 Å². The fourth-order valence-electron chi connectivity index (χ4n) is 2.19. The summed E-state index contributed by atoms with van der Waals surface area (Å²) in [6.07, 6.45) is 3.12. The normalized spacial score (nSPS) is 10.6. The van der Waals surface area contributed by atoms with Crippen LogP contribution in [0.15, 0.2) is 29.4 Å². The lowest BCUT2D eigenvalue weighted by molar-refractivity contribution is -0.113. The first-order chi connectivity index (χ1) is 11.7. The van der Waals surface area contributed by atoms with Crippen LogP contribution < -0.4 is 10.1 Å². The second-order valence-electron chi connectivity index (χ2n) is 5.33. The number of anilines is 1. The standard InChI is InChI=1S/C17H24N4O2S/c1-4-6-11-15-19-20-17(21(15)3)24-12-16(22)18-13-9-7-8-10-14(13)23-5-2/h7-10H,4-6,11-12H2,1-3H3,(H,18,22). The average molecular weight is 348 g/mol. The van der Waals surface area contributed by atoms with E-state index in [2.05, 4.69) is 22.4 Å². The van der Waals surface area contributed by atoms with Gasteiger partial charge in [-0.3, -0.25) is 4.79 Å². The van der Waals surface area contributed by atoms with Crippen LogP contribution in [0.5, 0.6) is 5.75 Å². The number of carbonyl (C=O) groups excluding carboxylic acids is 1. The quantitative estimate of drug-likeness (QED) is 0.704. The highest BCUT2D eigenvalue weighted by Gasteiger charge is 2.12. The molecule has 130 valence electrons. The van der Waals surface area contributed by atoms with Crippen molar-refractivity contribution in [1.29, 1.82) is 0 Å². The predicted octanol–water partition coefficient (Wildman–Crippen LogP) is 3.29. The van der Waals surface area contributed by atoms with E-state index in [4.69, 9.17) is 4.74 Å². The van der Waals surface area contributed by atoms with Crippen LogP contribution in [0, 0.1) is 0 Å². The number of ether oxygens (including phenoxy) is 1. The van der Waals surface area contributed by atoms with Gasteiger partial charge in [-0.05, 0) is 25.5 Å². The van der Waals surface area contributed by atoms with Gasteiger partial charge in [-0.25, -0.2) is 0 Å².